The van der Waals surface area contributed by atoms with E-state index < -0.39 is 11.8 Å². The Hall–Kier alpha value is -4.35. The van der Waals surface area contributed by atoms with Crippen molar-refractivity contribution in [3.05, 3.63) is 99.0 Å². The van der Waals surface area contributed by atoms with Crippen LogP contribution in [0.2, 0.25) is 0 Å². The number of para-hydroxylation sites is 2. The first kappa shape index (κ1) is 29.1. The minimum atomic E-state index is -0.404. The van der Waals surface area contributed by atoms with Gasteiger partial charge in [0.2, 0.25) is 17.7 Å². The summed E-state index contributed by atoms with van der Waals surface area (Å²) in [7, 11) is 3.18. The van der Waals surface area contributed by atoms with Crippen LogP contribution < -0.4 is 24.6 Å². The number of thioether (sulfide) groups is 1. The lowest BCUT2D eigenvalue weighted by Crippen LogP contribution is -2.43. The van der Waals surface area contributed by atoms with E-state index in [-0.39, 0.29) is 58.1 Å². The van der Waals surface area contributed by atoms with Crippen LogP contribution in [0.4, 0.5) is 11.4 Å². The van der Waals surface area contributed by atoms with E-state index in [0.717, 1.165) is 33.2 Å². The molecule has 8 rings (SSSR count). The average Bonchev–Trinajstić information content (AvgIpc) is 3.80. The van der Waals surface area contributed by atoms with Crippen LogP contribution in [0.3, 0.4) is 0 Å². The maximum atomic E-state index is 14.0. The fourth-order valence-electron chi connectivity index (χ4n) is 8.37. The quantitative estimate of drug-likeness (QED) is 0.272. The summed E-state index contributed by atoms with van der Waals surface area (Å²) < 4.78 is 12.8. The van der Waals surface area contributed by atoms with Gasteiger partial charge in [0.25, 0.3) is 0 Å². The number of thiazole rings is 1. The summed E-state index contributed by atoms with van der Waals surface area (Å²) in [5.74, 6) is -0.456. The van der Waals surface area contributed by atoms with Gasteiger partial charge in [-0.05, 0) is 66.1 Å². The molecule has 2 aliphatic carbocycles. The topological polar surface area (TPSA) is 107 Å². The van der Waals surface area contributed by atoms with Crippen molar-refractivity contribution in [3.8, 4) is 11.5 Å². The van der Waals surface area contributed by atoms with Crippen molar-refractivity contribution in [1.29, 1.82) is 0 Å². The van der Waals surface area contributed by atoms with E-state index in [0.29, 0.717) is 22.9 Å². The summed E-state index contributed by atoms with van der Waals surface area (Å²) in [4.78, 5) is 56.9. The summed E-state index contributed by atoms with van der Waals surface area (Å²) in [6.45, 7) is -0.123. The third kappa shape index (κ3) is 4.35. The Morgan fingerprint density at radius 3 is 2.24 bits per heavy atom. The molecule has 3 heterocycles. The molecule has 0 spiro atoms. The Morgan fingerprint density at radius 1 is 0.870 bits per heavy atom. The highest BCUT2D eigenvalue weighted by Gasteiger charge is 2.69. The largest absolute Gasteiger partial charge is 0.493 e. The Kier molecular flexibility index (Phi) is 7.06. The van der Waals surface area contributed by atoms with Gasteiger partial charge >= 0.3 is 4.87 Å². The number of rotatable bonds is 7. The molecule has 2 saturated carbocycles. The molecule has 1 saturated heterocycles. The number of benzene rings is 3. The highest BCUT2D eigenvalue weighted by atomic mass is 32.2. The fraction of sp³-hybridized carbons (Fsp3) is 0.314. The monoisotopic (exact) mass is 653 g/mol. The molecule has 1 aromatic heterocycles. The number of fused-ring (bicyclic) bond motifs is 9. The van der Waals surface area contributed by atoms with Crippen molar-refractivity contribution in [1.82, 2.24) is 4.57 Å². The van der Waals surface area contributed by atoms with E-state index in [4.69, 9.17) is 9.47 Å². The molecule has 0 radical (unpaired) electrons. The lowest BCUT2D eigenvalue weighted by molar-refractivity contribution is -0.123. The molecule has 4 aromatic rings. The smallest absolute Gasteiger partial charge is 0.308 e. The second kappa shape index (κ2) is 11.2. The summed E-state index contributed by atoms with van der Waals surface area (Å²) >= 11 is 2.77. The van der Waals surface area contributed by atoms with Crippen LogP contribution in [0.25, 0.3) is 0 Å². The summed E-state index contributed by atoms with van der Waals surface area (Å²) in [6, 6.07) is 24.2. The van der Waals surface area contributed by atoms with E-state index in [1.165, 1.54) is 4.90 Å². The van der Waals surface area contributed by atoms with Crippen molar-refractivity contribution in [2.45, 2.75) is 29.2 Å². The number of anilines is 2. The Balaban J connectivity index is 1.21. The molecule has 2 bridgehead atoms. The lowest BCUT2D eigenvalue weighted by Gasteiger charge is -2.43. The molecular formula is C35H31N3O6S2. The summed E-state index contributed by atoms with van der Waals surface area (Å²) in [6.07, 6.45) is 0.773. The number of nitrogens with zero attached hydrogens (tertiary/aromatic N) is 2. The van der Waals surface area contributed by atoms with Crippen LogP contribution in [0, 0.1) is 29.6 Å². The molecule has 3 fully saturated rings. The number of methoxy groups -OCH3 is 2. The predicted octanol–water partition coefficient (Wildman–Crippen LogP) is 5.24. The van der Waals surface area contributed by atoms with Crippen molar-refractivity contribution < 1.29 is 23.9 Å². The van der Waals surface area contributed by atoms with Crippen LogP contribution in [0.1, 0.15) is 22.8 Å². The van der Waals surface area contributed by atoms with Crippen molar-refractivity contribution in [2.24, 2.45) is 29.6 Å². The van der Waals surface area contributed by atoms with E-state index in [1.54, 1.807) is 42.7 Å². The SMILES string of the molecule is COc1ccc(C2c3sc(=O)n(CC(=O)Nc4ccccc4)c3SC3C4CC(C5C(=O)N(c6ccccc6)C(=O)C45)C23)cc1OC. The number of nitrogens with one attached hydrogen (secondary N) is 1. The Morgan fingerprint density at radius 2 is 1.54 bits per heavy atom. The number of carbonyl (C=O) groups is 3. The van der Waals surface area contributed by atoms with Gasteiger partial charge in [0.05, 0.1) is 36.8 Å². The third-order valence-electron chi connectivity index (χ3n) is 10.1. The number of hydrogen-bond acceptors (Lipinski definition) is 8. The van der Waals surface area contributed by atoms with Gasteiger partial charge in [-0.15, -0.1) is 11.8 Å². The predicted molar refractivity (Wildman–Crippen MR) is 176 cm³/mol. The minimum absolute atomic E-state index is 0.0123. The highest BCUT2D eigenvalue weighted by molar-refractivity contribution is 8.00. The van der Waals surface area contributed by atoms with Crippen LogP contribution >= 0.6 is 23.1 Å². The number of carbonyl (C=O) groups excluding carboxylic acids is 3. The van der Waals surface area contributed by atoms with Gasteiger partial charge in [-0.2, -0.15) is 0 Å². The normalized spacial score (nSPS) is 27.3. The van der Waals surface area contributed by atoms with Gasteiger partial charge in [0, 0.05) is 21.7 Å². The van der Waals surface area contributed by atoms with Crippen LogP contribution in [-0.4, -0.2) is 41.8 Å². The number of amides is 3. The van der Waals surface area contributed by atoms with Crippen molar-refractivity contribution in [2.75, 3.05) is 24.4 Å². The molecule has 9 nitrogen and oxygen atoms in total. The van der Waals surface area contributed by atoms with Gasteiger partial charge in [0.1, 0.15) is 6.54 Å². The first-order valence-electron chi connectivity index (χ1n) is 15.3. The zero-order chi connectivity index (χ0) is 31.7. The van der Waals surface area contributed by atoms with E-state index in [9.17, 15) is 19.2 Å². The van der Waals surface area contributed by atoms with E-state index in [1.807, 2.05) is 66.7 Å². The molecular weight excluding hydrogens is 623 g/mol. The first-order valence-corrected chi connectivity index (χ1v) is 17.0. The molecule has 2 aliphatic heterocycles. The zero-order valence-electron chi connectivity index (χ0n) is 25.1. The molecule has 3 amide bonds. The van der Waals surface area contributed by atoms with E-state index in [2.05, 4.69) is 5.32 Å². The maximum Gasteiger partial charge on any atom is 0.308 e. The second-order valence-corrected chi connectivity index (χ2v) is 14.4. The van der Waals surface area contributed by atoms with Gasteiger partial charge in [-0.25, -0.2) is 0 Å². The van der Waals surface area contributed by atoms with Gasteiger partial charge in [-0.1, -0.05) is 53.8 Å². The van der Waals surface area contributed by atoms with Crippen LogP contribution in [-0.2, 0) is 20.9 Å². The molecule has 46 heavy (non-hydrogen) atoms. The fourth-order valence-corrected chi connectivity index (χ4v) is 11.5. The molecule has 234 valence electrons. The lowest BCUT2D eigenvalue weighted by atomic mass is 9.68. The molecule has 3 aromatic carbocycles. The van der Waals surface area contributed by atoms with Gasteiger partial charge in [0.15, 0.2) is 11.5 Å². The summed E-state index contributed by atoms with van der Waals surface area (Å²) in [5, 5.41) is 3.65. The zero-order valence-corrected chi connectivity index (χ0v) is 26.8. The number of imide groups is 1. The molecule has 1 N–H and O–H groups in total. The average molecular weight is 654 g/mol. The second-order valence-electron chi connectivity index (χ2n) is 12.3. The van der Waals surface area contributed by atoms with Crippen molar-refractivity contribution in [3.63, 3.8) is 0 Å². The van der Waals surface area contributed by atoms with E-state index >= 15 is 0 Å². The Labute approximate surface area is 273 Å². The number of ether oxygens (including phenoxy) is 2. The van der Waals surface area contributed by atoms with Crippen LogP contribution in [0.5, 0.6) is 11.5 Å². The molecule has 11 heteroatoms. The molecule has 7 unspecified atom stereocenters. The van der Waals surface area contributed by atoms with Crippen LogP contribution in [0.15, 0.2) is 88.7 Å². The minimum Gasteiger partial charge on any atom is -0.493 e. The van der Waals surface area contributed by atoms with Gasteiger partial charge in [-0.3, -0.25) is 28.6 Å². The van der Waals surface area contributed by atoms with Crippen molar-refractivity contribution >= 4 is 52.2 Å². The number of aromatic nitrogens is 1. The molecule has 4 aliphatic rings. The third-order valence-corrected chi connectivity index (χ3v) is 12.9. The number of hydrogen-bond donors (Lipinski definition) is 1. The van der Waals surface area contributed by atoms with Gasteiger partial charge < -0.3 is 14.8 Å². The Bertz CT molecular complexity index is 1930. The maximum absolute atomic E-state index is 14.0. The standard InChI is InChI=1S/C35H31N3O6S2/c1-43-23-14-13-18(15-24(23)44-2)26-27-21-16-22(29-28(21)32(40)38(33(29)41)20-11-7-4-8-12-20)30(27)45-34-31(26)46-35(42)37(34)17-25(39)36-19-9-5-3-6-10-19/h3-15,21-22,26-30H,16-17H2,1-2H3,(H,36,39). The molecule has 7 atom stereocenters. The first-order chi connectivity index (χ1) is 22.4. The highest BCUT2D eigenvalue weighted by Crippen LogP contribution is 2.69. The summed E-state index contributed by atoms with van der Waals surface area (Å²) in [5.41, 5.74) is 2.22.